The van der Waals surface area contributed by atoms with Crippen LogP contribution >= 0.6 is 0 Å². The number of rotatable bonds is 8. The highest BCUT2D eigenvalue weighted by Gasteiger charge is 2.16. The lowest BCUT2D eigenvalue weighted by atomic mass is 10.2. The number of carbonyl (C=O) groups excluding carboxylic acids is 1. The zero-order chi connectivity index (χ0) is 20.5. The monoisotopic (exact) mass is 388 g/mol. The predicted molar refractivity (Wildman–Crippen MR) is 117 cm³/mol. The standard InChI is InChI=1S/C21H36N6O/c1-16(2)27(17(3)4)13-11-24-21(22-5)25-14-18-6-8-19(9-7-18)26-12-10-23-20(28)15-26/h6-9,16-17H,10-15H2,1-5H3,(H,23,28)(H2,22,24,25). The number of benzene rings is 1. The van der Waals surface area contributed by atoms with Gasteiger partial charge in [0.15, 0.2) is 5.96 Å². The minimum absolute atomic E-state index is 0.0837. The highest BCUT2D eigenvalue weighted by molar-refractivity contribution is 5.82. The SMILES string of the molecule is CN=C(NCCN(C(C)C)C(C)C)NCc1ccc(N2CCNC(=O)C2)cc1. The molecule has 1 aliphatic rings. The third-order valence-corrected chi connectivity index (χ3v) is 5.01. The number of carbonyl (C=O) groups is 1. The molecule has 0 aromatic heterocycles. The summed E-state index contributed by atoms with van der Waals surface area (Å²) < 4.78 is 0. The third kappa shape index (κ3) is 6.71. The topological polar surface area (TPSA) is 72.0 Å². The highest BCUT2D eigenvalue weighted by Crippen LogP contribution is 2.16. The van der Waals surface area contributed by atoms with Crippen LogP contribution < -0.4 is 20.9 Å². The normalized spacial score (nSPS) is 15.4. The molecular formula is C21H36N6O. The van der Waals surface area contributed by atoms with Crippen LogP contribution in [0.4, 0.5) is 5.69 Å². The molecule has 0 bridgehead atoms. The summed E-state index contributed by atoms with van der Waals surface area (Å²) in [5.41, 5.74) is 2.27. The Morgan fingerprint density at radius 2 is 1.86 bits per heavy atom. The van der Waals surface area contributed by atoms with Gasteiger partial charge in [0.05, 0.1) is 6.54 Å². The first-order valence-electron chi connectivity index (χ1n) is 10.2. The Labute approximate surface area is 169 Å². The molecule has 2 rings (SSSR count). The molecule has 7 heteroatoms. The number of guanidine groups is 1. The van der Waals surface area contributed by atoms with Crippen molar-refractivity contribution in [3.05, 3.63) is 29.8 Å². The summed E-state index contributed by atoms with van der Waals surface area (Å²) in [4.78, 5) is 20.4. The second-order valence-electron chi connectivity index (χ2n) is 7.72. The van der Waals surface area contributed by atoms with Crippen molar-refractivity contribution in [3.63, 3.8) is 0 Å². The van der Waals surface area contributed by atoms with E-state index in [2.05, 4.69) is 82.7 Å². The predicted octanol–water partition coefficient (Wildman–Crippen LogP) is 1.41. The fourth-order valence-corrected chi connectivity index (χ4v) is 3.51. The maximum Gasteiger partial charge on any atom is 0.239 e. The fourth-order valence-electron chi connectivity index (χ4n) is 3.51. The van der Waals surface area contributed by atoms with Crippen molar-refractivity contribution >= 4 is 17.6 Å². The maximum absolute atomic E-state index is 11.5. The molecule has 3 N–H and O–H groups in total. The van der Waals surface area contributed by atoms with Crippen LogP contribution in [-0.4, -0.2) is 68.6 Å². The molecule has 1 aliphatic heterocycles. The molecule has 1 heterocycles. The average molecular weight is 389 g/mol. The second-order valence-corrected chi connectivity index (χ2v) is 7.72. The maximum atomic E-state index is 11.5. The van der Waals surface area contributed by atoms with Gasteiger partial charge in [0.2, 0.25) is 5.91 Å². The van der Waals surface area contributed by atoms with Gasteiger partial charge >= 0.3 is 0 Å². The van der Waals surface area contributed by atoms with Gasteiger partial charge in [0.1, 0.15) is 0 Å². The van der Waals surface area contributed by atoms with Crippen LogP contribution in [0.5, 0.6) is 0 Å². The zero-order valence-corrected chi connectivity index (χ0v) is 18.0. The fraction of sp³-hybridized carbons (Fsp3) is 0.619. The number of aliphatic imine (C=N–C) groups is 1. The molecule has 28 heavy (non-hydrogen) atoms. The smallest absolute Gasteiger partial charge is 0.239 e. The minimum Gasteiger partial charge on any atom is -0.360 e. The van der Waals surface area contributed by atoms with Crippen molar-refractivity contribution in [1.29, 1.82) is 0 Å². The highest BCUT2D eigenvalue weighted by atomic mass is 16.2. The van der Waals surface area contributed by atoms with Crippen molar-refractivity contribution in [1.82, 2.24) is 20.9 Å². The van der Waals surface area contributed by atoms with Gasteiger partial charge in [-0.2, -0.15) is 0 Å². The zero-order valence-electron chi connectivity index (χ0n) is 18.0. The van der Waals surface area contributed by atoms with E-state index in [0.29, 0.717) is 31.7 Å². The summed E-state index contributed by atoms with van der Waals surface area (Å²) in [5, 5.41) is 9.61. The summed E-state index contributed by atoms with van der Waals surface area (Å²) in [5.74, 6) is 0.893. The number of nitrogens with zero attached hydrogens (tertiary/aromatic N) is 3. The van der Waals surface area contributed by atoms with Crippen LogP contribution in [0, 0.1) is 0 Å². The third-order valence-electron chi connectivity index (χ3n) is 5.01. The molecule has 0 aliphatic carbocycles. The first-order valence-corrected chi connectivity index (χ1v) is 10.2. The van der Waals surface area contributed by atoms with E-state index in [1.807, 2.05) is 0 Å². The summed E-state index contributed by atoms with van der Waals surface area (Å²) >= 11 is 0. The van der Waals surface area contributed by atoms with Gasteiger partial charge in [0, 0.05) is 57.5 Å². The lowest BCUT2D eigenvalue weighted by Gasteiger charge is -2.30. The average Bonchev–Trinajstić information content (AvgIpc) is 2.67. The Hall–Kier alpha value is -2.28. The lowest BCUT2D eigenvalue weighted by Crippen LogP contribution is -2.47. The first kappa shape index (κ1) is 22.0. The van der Waals surface area contributed by atoms with Crippen molar-refractivity contribution in [3.8, 4) is 0 Å². The summed E-state index contributed by atoms with van der Waals surface area (Å²) in [6, 6.07) is 9.41. The second kappa shape index (κ2) is 10.9. The van der Waals surface area contributed by atoms with E-state index in [-0.39, 0.29) is 5.91 Å². The molecule has 0 saturated carbocycles. The van der Waals surface area contributed by atoms with E-state index in [1.54, 1.807) is 7.05 Å². The van der Waals surface area contributed by atoms with Gasteiger partial charge in [-0.1, -0.05) is 12.1 Å². The molecule has 7 nitrogen and oxygen atoms in total. The number of nitrogens with one attached hydrogen (secondary N) is 3. The van der Waals surface area contributed by atoms with Crippen LogP contribution in [0.25, 0.3) is 0 Å². The van der Waals surface area contributed by atoms with Crippen LogP contribution in [0.15, 0.2) is 29.3 Å². The van der Waals surface area contributed by atoms with Crippen molar-refractivity contribution in [2.75, 3.05) is 44.7 Å². The van der Waals surface area contributed by atoms with Crippen LogP contribution in [0.2, 0.25) is 0 Å². The quantitative estimate of drug-likeness (QED) is 0.464. The largest absolute Gasteiger partial charge is 0.360 e. The Kier molecular flexibility index (Phi) is 8.57. The summed E-state index contributed by atoms with van der Waals surface area (Å²) in [6.07, 6.45) is 0. The molecule has 1 fully saturated rings. The molecular weight excluding hydrogens is 352 g/mol. The lowest BCUT2D eigenvalue weighted by molar-refractivity contribution is -0.120. The Morgan fingerprint density at radius 3 is 2.43 bits per heavy atom. The molecule has 1 amide bonds. The number of amides is 1. The molecule has 0 radical (unpaired) electrons. The van der Waals surface area contributed by atoms with Gasteiger partial charge in [-0.3, -0.25) is 14.7 Å². The molecule has 0 spiro atoms. The van der Waals surface area contributed by atoms with E-state index in [0.717, 1.165) is 31.3 Å². The first-order chi connectivity index (χ1) is 13.4. The molecule has 0 unspecified atom stereocenters. The summed E-state index contributed by atoms with van der Waals surface area (Å²) in [7, 11) is 1.79. The van der Waals surface area contributed by atoms with Gasteiger partial charge in [-0.05, 0) is 45.4 Å². The minimum atomic E-state index is 0.0837. The molecule has 1 aromatic rings. The van der Waals surface area contributed by atoms with Crippen molar-refractivity contribution in [2.24, 2.45) is 4.99 Å². The van der Waals surface area contributed by atoms with Gasteiger partial charge in [0.25, 0.3) is 0 Å². The van der Waals surface area contributed by atoms with Crippen LogP contribution in [-0.2, 0) is 11.3 Å². The van der Waals surface area contributed by atoms with E-state index in [1.165, 1.54) is 5.56 Å². The number of hydrogen-bond donors (Lipinski definition) is 3. The molecule has 156 valence electrons. The van der Waals surface area contributed by atoms with Gasteiger partial charge < -0.3 is 20.9 Å². The Balaban J connectivity index is 1.79. The molecule has 1 aromatic carbocycles. The van der Waals surface area contributed by atoms with E-state index >= 15 is 0 Å². The van der Waals surface area contributed by atoms with Crippen LogP contribution in [0.3, 0.4) is 0 Å². The van der Waals surface area contributed by atoms with Crippen LogP contribution in [0.1, 0.15) is 33.3 Å². The summed E-state index contributed by atoms with van der Waals surface area (Å²) in [6.45, 7) is 13.4. The number of anilines is 1. The number of hydrogen-bond acceptors (Lipinski definition) is 4. The van der Waals surface area contributed by atoms with E-state index < -0.39 is 0 Å². The van der Waals surface area contributed by atoms with E-state index in [4.69, 9.17) is 0 Å². The molecule has 0 atom stereocenters. The van der Waals surface area contributed by atoms with Crippen molar-refractivity contribution in [2.45, 2.75) is 46.3 Å². The van der Waals surface area contributed by atoms with E-state index in [9.17, 15) is 4.79 Å². The van der Waals surface area contributed by atoms with Gasteiger partial charge in [-0.25, -0.2) is 0 Å². The Morgan fingerprint density at radius 1 is 1.18 bits per heavy atom. The Bertz CT molecular complexity index is 633. The van der Waals surface area contributed by atoms with Crippen molar-refractivity contribution < 1.29 is 4.79 Å². The molecule has 1 saturated heterocycles. The van der Waals surface area contributed by atoms with Gasteiger partial charge in [-0.15, -0.1) is 0 Å². The number of piperazine rings is 1.